The Labute approximate surface area is 201 Å². The van der Waals surface area contributed by atoms with Crippen molar-refractivity contribution in [3.63, 3.8) is 0 Å². The summed E-state index contributed by atoms with van der Waals surface area (Å²) in [4.78, 5) is 16.8. The zero-order valence-corrected chi connectivity index (χ0v) is 19.3. The molecular formula is C26H20ClN5O2. The van der Waals surface area contributed by atoms with Crippen LogP contribution < -0.4 is 5.73 Å². The average molecular weight is 470 g/mol. The van der Waals surface area contributed by atoms with Gasteiger partial charge >= 0.3 is 0 Å². The van der Waals surface area contributed by atoms with E-state index in [0.717, 1.165) is 33.4 Å². The Bertz CT molecular complexity index is 1500. The lowest BCUT2D eigenvalue weighted by Crippen LogP contribution is -2.15. The van der Waals surface area contributed by atoms with E-state index in [2.05, 4.69) is 22.1 Å². The van der Waals surface area contributed by atoms with Crippen LogP contribution in [0.1, 0.15) is 46.2 Å². The molecule has 0 unspecified atom stereocenters. The van der Waals surface area contributed by atoms with E-state index in [1.165, 1.54) is 0 Å². The van der Waals surface area contributed by atoms with E-state index in [9.17, 15) is 4.79 Å². The van der Waals surface area contributed by atoms with Crippen molar-refractivity contribution in [1.82, 2.24) is 14.9 Å². The molecule has 4 aromatic rings. The van der Waals surface area contributed by atoms with Gasteiger partial charge < -0.3 is 10.3 Å². The fourth-order valence-corrected chi connectivity index (χ4v) is 4.19. The number of fused-ring (bicyclic) bond motifs is 3. The summed E-state index contributed by atoms with van der Waals surface area (Å²) in [7, 11) is 1.85. The molecule has 8 heteroatoms. The Hall–Kier alpha value is -4.15. The number of halogens is 1. The summed E-state index contributed by atoms with van der Waals surface area (Å²) in [6, 6.07) is 12.8. The lowest BCUT2D eigenvalue weighted by Gasteiger charge is -2.12. The van der Waals surface area contributed by atoms with Gasteiger partial charge in [0.05, 0.1) is 35.2 Å². The van der Waals surface area contributed by atoms with Crippen LogP contribution in [0.3, 0.4) is 0 Å². The first-order chi connectivity index (χ1) is 16.4. The van der Waals surface area contributed by atoms with Gasteiger partial charge in [0, 0.05) is 35.0 Å². The van der Waals surface area contributed by atoms with E-state index >= 15 is 0 Å². The lowest BCUT2D eigenvalue weighted by molar-refractivity contribution is -0.118. The van der Waals surface area contributed by atoms with Crippen molar-refractivity contribution in [2.24, 2.45) is 17.8 Å². The number of aromatic nitrogens is 3. The minimum absolute atomic E-state index is 0.000378. The second-order valence-electron chi connectivity index (χ2n) is 8.09. The molecule has 0 radical (unpaired) electrons. The van der Waals surface area contributed by atoms with Crippen molar-refractivity contribution in [2.45, 2.75) is 19.4 Å². The first-order valence-electron chi connectivity index (χ1n) is 10.6. The van der Waals surface area contributed by atoms with Crippen LogP contribution in [0.2, 0.25) is 5.02 Å². The molecule has 0 bridgehead atoms. The minimum atomic E-state index is -0.600. The number of primary amides is 1. The van der Waals surface area contributed by atoms with Crippen molar-refractivity contribution in [2.75, 3.05) is 0 Å². The Kier molecular flexibility index (Phi) is 5.52. The van der Waals surface area contributed by atoms with Gasteiger partial charge in [0.25, 0.3) is 0 Å². The molecule has 3 heterocycles. The highest BCUT2D eigenvalue weighted by atomic mass is 35.5. The summed E-state index contributed by atoms with van der Waals surface area (Å²) in [5, 5.41) is 8.94. The Balaban J connectivity index is 1.72. The van der Waals surface area contributed by atoms with Crippen LogP contribution in [0.25, 0.3) is 11.1 Å². The first-order valence-corrected chi connectivity index (χ1v) is 11.0. The largest absolute Gasteiger partial charge is 0.370 e. The topological polar surface area (TPSA) is 99.3 Å². The van der Waals surface area contributed by atoms with E-state index in [4.69, 9.17) is 26.9 Å². The molecule has 2 aromatic carbocycles. The van der Waals surface area contributed by atoms with E-state index in [1.807, 2.05) is 62.6 Å². The van der Waals surface area contributed by atoms with Gasteiger partial charge in [-0.05, 0) is 36.8 Å². The van der Waals surface area contributed by atoms with Gasteiger partial charge in [-0.2, -0.15) is 5.10 Å². The van der Waals surface area contributed by atoms with Crippen LogP contribution in [-0.2, 0) is 11.8 Å². The van der Waals surface area contributed by atoms with E-state index in [0.29, 0.717) is 22.2 Å². The number of nitrogens with two attached hydrogens (primary N) is 1. The summed E-state index contributed by atoms with van der Waals surface area (Å²) >= 11 is 6.13. The molecular weight excluding hydrogens is 450 g/mol. The average Bonchev–Trinajstić information content (AvgIpc) is 3.37. The zero-order valence-electron chi connectivity index (χ0n) is 18.5. The standard InChI is InChI=1S/C26H20ClN5O2/c1-15-24-20-10-5-16(3-4-17-13-29-32(2)14-17)11-21(20)25(18-6-8-19(27)9-7-18)30-22(12-23(28)33)26(24)34-31-15/h5-11,13-14,22H,12H2,1-2H3,(H2,28,33)/t22-/m0/s1. The summed E-state index contributed by atoms with van der Waals surface area (Å²) in [6.45, 7) is 1.87. The van der Waals surface area contributed by atoms with Gasteiger partial charge in [0.2, 0.25) is 5.91 Å². The number of rotatable bonds is 3. The number of hydrogen-bond donors (Lipinski definition) is 1. The molecule has 168 valence electrons. The van der Waals surface area contributed by atoms with Crippen molar-refractivity contribution >= 4 is 23.2 Å². The number of benzene rings is 2. The van der Waals surface area contributed by atoms with Gasteiger partial charge in [-0.25, -0.2) is 0 Å². The predicted molar refractivity (Wildman–Crippen MR) is 130 cm³/mol. The molecule has 1 aliphatic heterocycles. The number of hydrogen-bond acceptors (Lipinski definition) is 5. The number of aryl methyl sites for hydroxylation is 2. The van der Waals surface area contributed by atoms with Crippen LogP contribution >= 0.6 is 11.6 Å². The van der Waals surface area contributed by atoms with Crippen LogP contribution in [0.5, 0.6) is 0 Å². The van der Waals surface area contributed by atoms with Gasteiger partial charge in [-0.1, -0.05) is 46.8 Å². The summed E-state index contributed by atoms with van der Waals surface area (Å²) in [6.07, 6.45) is 3.58. The first kappa shape index (κ1) is 21.7. The highest BCUT2D eigenvalue weighted by Gasteiger charge is 2.31. The number of nitrogens with zero attached hydrogens (tertiary/aromatic N) is 4. The molecule has 0 spiro atoms. The zero-order chi connectivity index (χ0) is 23.8. The molecule has 1 amide bonds. The minimum Gasteiger partial charge on any atom is -0.370 e. The number of carbonyl (C=O) groups is 1. The van der Waals surface area contributed by atoms with Crippen LogP contribution in [0, 0.1) is 18.8 Å². The van der Waals surface area contributed by atoms with Gasteiger partial charge in [-0.15, -0.1) is 0 Å². The lowest BCUT2D eigenvalue weighted by atomic mass is 9.91. The van der Waals surface area contributed by atoms with E-state index in [1.54, 1.807) is 10.9 Å². The summed E-state index contributed by atoms with van der Waals surface area (Å²) in [5.41, 5.74) is 12.0. The normalized spacial score (nSPS) is 14.3. The van der Waals surface area contributed by atoms with Gasteiger partial charge in [-0.3, -0.25) is 14.5 Å². The van der Waals surface area contributed by atoms with E-state index < -0.39 is 11.9 Å². The van der Waals surface area contributed by atoms with Gasteiger partial charge in [0.1, 0.15) is 6.04 Å². The van der Waals surface area contributed by atoms with Crippen molar-refractivity contribution < 1.29 is 9.32 Å². The molecule has 2 aromatic heterocycles. The molecule has 0 fully saturated rings. The Morgan fingerprint density at radius 3 is 2.62 bits per heavy atom. The predicted octanol–water partition coefficient (Wildman–Crippen LogP) is 4.20. The molecule has 2 N–H and O–H groups in total. The second-order valence-corrected chi connectivity index (χ2v) is 8.53. The second kappa shape index (κ2) is 8.65. The molecule has 5 rings (SSSR count). The molecule has 1 aliphatic rings. The quantitative estimate of drug-likeness (QED) is 0.454. The van der Waals surface area contributed by atoms with E-state index in [-0.39, 0.29) is 6.42 Å². The fraction of sp³-hybridized carbons (Fsp3) is 0.154. The smallest absolute Gasteiger partial charge is 0.220 e. The van der Waals surface area contributed by atoms with Crippen LogP contribution in [0.4, 0.5) is 0 Å². The fourth-order valence-electron chi connectivity index (χ4n) is 4.06. The molecule has 0 aliphatic carbocycles. The Morgan fingerprint density at radius 1 is 1.15 bits per heavy atom. The SMILES string of the molecule is Cc1noc2c1-c1ccc(C#Cc3cnn(C)c3)cc1C(c1ccc(Cl)cc1)=N[C@H]2CC(N)=O. The van der Waals surface area contributed by atoms with Crippen LogP contribution in [-0.4, -0.2) is 26.6 Å². The highest BCUT2D eigenvalue weighted by Crippen LogP contribution is 2.41. The monoisotopic (exact) mass is 469 g/mol. The maximum atomic E-state index is 11.9. The maximum absolute atomic E-state index is 11.9. The number of amides is 1. The van der Waals surface area contributed by atoms with Crippen LogP contribution in [0.15, 0.2) is 64.4 Å². The number of carbonyl (C=O) groups excluding carboxylic acids is 1. The molecule has 0 saturated carbocycles. The van der Waals surface area contributed by atoms with Crippen molar-refractivity contribution in [1.29, 1.82) is 0 Å². The summed E-state index contributed by atoms with van der Waals surface area (Å²) < 4.78 is 7.36. The highest BCUT2D eigenvalue weighted by molar-refractivity contribution is 6.30. The Morgan fingerprint density at radius 2 is 1.91 bits per heavy atom. The molecule has 7 nitrogen and oxygen atoms in total. The molecule has 1 atom stereocenters. The van der Waals surface area contributed by atoms with Gasteiger partial charge in [0.15, 0.2) is 5.76 Å². The number of aliphatic imine (C=N–C) groups is 1. The summed E-state index contributed by atoms with van der Waals surface area (Å²) in [5.74, 6) is 6.40. The van der Waals surface area contributed by atoms with Crippen molar-refractivity contribution in [3.8, 4) is 23.0 Å². The molecule has 34 heavy (non-hydrogen) atoms. The third-order valence-corrected chi connectivity index (χ3v) is 5.84. The van der Waals surface area contributed by atoms with Crippen molar-refractivity contribution in [3.05, 3.63) is 93.6 Å². The third kappa shape index (κ3) is 4.12. The maximum Gasteiger partial charge on any atom is 0.220 e. The molecule has 0 saturated heterocycles. The third-order valence-electron chi connectivity index (χ3n) is 5.59.